The predicted octanol–water partition coefficient (Wildman–Crippen LogP) is 5.25. The second kappa shape index (κ2) is 7.84. The molecule has 0 saturated heterocycles. The van der Waals surface area contributed by atoms with E-state index in [0.717, 1.165) is 0 Å². The van der Waals surface area contributed by atoms with Gasteiger partial charge in [-0.2, -0.15) is 0 Å². The fourth-order valence-electron chi connectivity index (χ4n) is 2.10. The topological polar surface area (TPSA) is 57.7 Å². The molecule has 0 bridgehead atoms. The molecule has 2 aromatic carbocycles. The summed E-state index contributed by atoms with van der Waals surface area (Å²) in [6.07, 6.45) is 0. The molecule has 1 aromatic heterocycles. The molecule has 0 aliphatic heterocycles. The Morgan fingerprint density at radius 2 is 1.54 bits per heavy atom. The molecular formula is C19H13ClFNO4. The summed E-state index contributed by atoms with van der Waals surface area (Å²) in [7, 11) is 1.31. The van der Waals surface area contributed by atoms with Gasteiger partial charge in [-0.05, 0) is 48.5 Å². The molecule has 1 heterocycles. The molecule has 5 nitrogen and oxygen atoms in total. The lowest BCUT2D eigenvalue weighted by Gasteiger charge is -2.09. The Morgan fingerprint density at radius 1 is 0.923 bits per heavy atom. The van der Waals surface area contributed by atoms with Crippen molar-refractivity contribution in [3.63, 3.8) is 0 Å². The molecule has 3 rings (SSSR count). The molecule has 0 fully saturated rings. The summed E-state index contributed by atoms with van der Waals surface area (Å²) in [5.74, 6) is 0.703. The maximum absolute atomic E-state index is 13.0. The van der Waals surface area contributed by atoms with Crippen LogP contribution in [-0.4, -0.2) is 18.1 Å². The molecular weight excluding hydrogens is 361 g/mol. The van der Waals surface area contributed by atoms with E-state index in [0.29, 0.717) is 22.8 Å². The maximum atomic E-state index is 13.0. The molecule has 0 aliphatic rings. The van der Waals surface area contributed by atoms with Gasteiger partial charge in [0.15, 0.2) is 0 Å². The normalized spacial score (nSPS) is 10.3. The highest BCUT2D eigenvalue weighted by Crippen LogP contribution is 2.29. The lowest BCUT2D eigenvalue weighted by molar-refractivity contribution is 0.0600. The fraction of sp³-hybridized carbons (Fsp3) is 0.0526. The smallest absolute Gasteiger partial charge is 0.337 e. The highest BCUT2D eigenvalue weighted by molar-refractivity contribution is 6.29. The first kappa shape index (κ1) is 17.7. The number of carbonyl (C=O) groups excluding carboxylic acids is 1. The average molecular weight is 374 g/mol. The summed E-state index contributed by atoms with van der Waals surface area (Å²) < 4.78 is 28.9. The highest BCUT2D eigenvalue weighted by Gasteiger charge is 2.08. The van der Waals surface area contributed by atoms with Crippen molar-refractivity contribution < 1.29 is 23.4 Å². The third kappa shape index (κ3) is 4.49. The third-order valence-corrected chi connectivity index (χ3v) is 3.48. The largest absolute Gasteiger partial charge is 0.465 e. The number of hydrogen-bond acceptors (Lipinski definition) is 5. The minimum absolute atomic E-state index is 0.172. The van der Waals surface area contributed by atoms with Crippen LogP contribution >= 0.6 is 11.6 Å². The van der Waals surface area contributed by atoms with E-state index in [1.54, 1.807) is 30.3 Å². The van der Waals surface area contributed by atoms with Gasteiger partial charge in [0, 0.05) is 12.1 Å². The quantitative estimate of drug-likeness (QED) is 0.452. The summed E-state index contributed by atoms with van der Waals surface area (Å²) in [5, 5.41) is 0.172. The van der Waals surface area contributed by atoms with Crippen molar-refractivity contribution in [2.24, 2.45) is 0 Å². The zero-order chi connectivity index (χ0) is 18.5. The number of aromatic nitrogens is 1. The van der Waals surface area contributed by atoms with Gasteiger partial charge in [-0.1, -0.05) is 11.6 Å². The Morgan fingerprint density at radius 3 is 2.19 bits per heavy atom. The van der Waals surface area contributed by atoms with E-state index >= 15 is 0 Å². The van der Waals surface area contributed by atoms with E-state index < -0.39 is 5.97 Å². The first-order chi connectivity index (χ1) is 12.5. The van der Waals surface area contributed by atoms with E-state index in [1.807, 2.05) is 0 Å². The summed E-state index contributed by atoms with van der Waals surface area (Å²) >= 11 is 6.00. The number of halogens is 2. The zero-order valence-corrected chi connectivity index (χ0v) is 14.4. The van der Waals surface area contributed by atoms with Crippen molar-refractivity contribution >= 4 is 17.6 Å². The van der Waals surface area contributed by atoms with Gasteiger partial charge >= 0.3 is 5.97 Å². The minimum Gasteiger partial charge on any atom is -0.465 e. The van der Waals surface area contributed by atoms with Crippen molar-refractivity contribution in [3.8, 4) is 23.1 Å². The van der Waals surface area contributed by atoms with Gasteiger partial charge in [-0.25, -0.2) is 14.2 Å². The van der Waals surface area contributed by atoms with Crippen LogP contribution in [0.2, 0.25) is 5.15 Å². The summed E-state index contributed by atoms with van der Waals surface area (Å²) in [6.45, 7) is 0. The number of ether oxygens (including phenoxy) is 3. The van der Waals surface area contributed by atoms with Crippen LogP contribution in [0.4, 0.5) is 4.39 Å². The van der Waals surface area contributed by atoms with E-state index in [1.165, 1.54) is 37.4 Å². The molecule has 0 saturated carbocycles. The molecule has 0 aliphatic carbocycles. The highest BCUT2D eigenvalue weighted by atomic mass is 35.5. The van der Waals surface area contributed by atoms with Crippen LogP contribution in [0.25, 0.3) is 0 Å². The fourth-order valence-corrected chi connectivity index (χ4v) is 2.29. The van der Waals surface area contributed by atoms with Gasteiger partial charge in [-0.15, -0.1) is 0 Å². The van der Waals surface area contributed by atoms with Crippen molar-refractivity contribution in [2.45, 2.75) is 0 Å². The second-order valence-electron chi connectivity index (χ2n) is 5.14. The minimum atomic E-state index is -0.432. The zero-order valence-electron chi connectivity index (χ0n) is 13.6. The van der Waals surface area contributed by atoms with Crippen LogP contribution in [-0.2, 0) is 4.74 Å². The Hall–Kier alpha value is -3.12. The van der Waals surface area contributed by atoms with Crippen LogP contribution in [0, 0.1) is 5.82 Å². The number of carbonyl (C=O) groups is 1. The number of hydrogen-bond donors (Lipinski definition) is 0. The predicted molar refractivity (Wildman–Crippen MR) is 93.6 cm³/mol. The van der Waals surface area contributed by atoms with Gasteiger partial charge < -0.3 is 14.2 Å². The summed E-state index contributed by atoms with van der Waals surface area (Å²) in [6, 6.07) is 15.0. The average Bonchev–Trinajstić information content (AvgIpc) is 2.63. The Kier molecular flexibility index (Phi) is 5.34. The number of pyridine rings is 1. The Labute approximate surface area is 153 Å². The Balaban J connectivity index is 1.77. The number of methoxy groups -OCH3 is 1. The molecule has 26 heavy (non-hydrogen) atoms. The lowest BCUT2D eigenvalue weighted by atomic mass is 10.2. The van der Waals surface area contributed by atoms with Crippen molar-refractivity contribution in [2.75, 3.05) is 7.11 Å². The summed E-state index contributed by atoms with van der Waals surface area (Å²) in [4.78, 5) is 15.5. The molecule has 7 heteroatoms. The first-order valence-electron chi connectivity index (χ1n) is 7.51. The SMILES string of the molecule is COC(=O)c1ccc(Oc2cc(Cl)nc(Oc3ccc(F)cc3)c2)cc1. The van der Waals surface area contributed by atoms with Crippen LogP contribution in [0.3, 0.4) is 0 Å². The monoisotopic (exact) mass is 373 g/mol. The molecule has 0 N–H and O–H groups in total. The number of nitrogens with zero attached hydrogens (tertiary/aromatic N) is 1. The van der Waals surface area contributed by atoms with Crippen LogP contribution in [0.15, 0.2) is 60.7 Å². The Bertz CT molecular complexity index is 914. The molecule has 0 radical (unpaired) electrons. The van der Waals surface area contributed by atoms with Crippen molar-refractivity contribution in [3.05, 3.63) is 77.2 Å². The van der Waals surface area contributed by atoms with E-state index in [4.69, 9.17) is 21.1 Å². The van der Waals surface area contributed by atoms with Gasteiger partial charge in [0.25, 0.3) is 0 Å². The molecule has 132 valence electrons. The van der Waals surface area contributed by atoms with Gasteiger partial charge in [-0.3, -0.25) is 0 Å². The molecule has 0 spiro atoms. The standard InChI is InChI=1S/C19H13ClFNO4/c1-24-19(23)12-2-6-14(7-3-12)25-16-10-17(20)22-18(11-16)26-15-8-4-13(21)5-9-15/h2-11H,1H3. The van der Waals surface area contributed by atoms with Gasteiger partial charge in [0.1, 0.15) is 28.2 Å². The van der Waals surface area contributed by atoms with Gasteiger partial charge in [0.05, 0.1) is 12.7 Å². The third-order valence-electron chi connectivity index (χ3n) is 3.29. The van der Waals surface area contributed by atoms with Crippen LogP contribution < -0.4 is 9.47 Å². The lowest BCUT2D eigenvalue weighted by Crippen LogP contribution is -2.00. The number of esters is 1. The van der Waals surface area contributed by atoms with E-state index in [-0.39, 0.29) is 16.9 Å². The first-order valence-corrected chi connectivity index (χ1v) is 7.88. The maximum Gasteiger partial charge on any atom is 0.337 e. The van der Waals surface area contributed by atoms with Crippen molar-refractivity contribution in [1.29, 1.82) is 0 Å². The second-order valence-corrected chi connectivity index (χ2v) is 5.53. The van der Waals surface area contributed by atoms with E-state index in [2.05, 4.69) is 9.72 Å². The van der Waals surface area contributed by atoms with Crippen molar-refractivity contribution in [1.82, 2.24) is 4.98 Å². The van der Waals surface area contributed by atoms with Gasteiger partial charge in [0.2, 0.25) is 5.88 Å². The van der Waals surface area contributed by atoms with Crippen LogP contribution in [0.1, 0.15) is 10.4 Å². The number of benzene rings is 2. The summed E-state index contributed by atoms with van der Waals surface area (Å²) in [5.41, 5.74) is 0.410. The number of rotatable bonds is 5. The molecule has 0 unspecified atom stereocenters. The molecule has 0 atom stereocenters. The van der Waals surface area contributed by atoms with Crippen LogP contribution in [0.5, 0.6) is 23.1 Å². The van der Waals surface area contributed by atoms with E-state index in [9.17, 15) is 9.18 Å². The molecule has 3 aromatic rings. The molecule has 0 amide bonds.